The number of nitrogens with zero attached hydrogens (tertiary/aromatic N) is 2. The molecule has 508 valence electrons. The maximum Gasteiger partial charge on any atom is 0.137 e. The monoisotopic (exact) mass is 1390 g/mol. The second kappa shape index (κ2) is 28.6. The number of thiophene rings is 1. The van der Waals surface area contributed by atoms with Gasteiger partial charge in [-0.1, -0.05) is 315 Å². The van der Waals surface area contributed by atoms with Gasteiger partial charge in [0.15, 0.2) is 0 Å². The van der Waals surface area contributed by atoms with E-state index in [1.807, 2.05) is 17.4 Å². The maximum absolute atomic E-state index is 6.58. The van der Waals surface area contributed by atoms with Crippen molar-refractivity contribution in [3.63, 3.8) is 0 Å². The van der Waals surface area contributed by atoms with Crippen LogP contribution in [0.1, 0.15) is 0 Å². The van der Waals surface area contributed by atoms with Gasteiger partial charge in [-0.3, -0.25) is 0 Å². The van der Waals surface area contributed by atoms with Gasteiger partial charge in [0.25, 0.3) is 0 Å². The highest BCUT2D eigenvalue weighted by atomic mass is 32.1. The van der Waals surface area contributed by atoms with Crippen molar-refractivity contribution in [1.82, 2.24) is 0 Å². The van der Waals surface area contributed by atoms with Gasteiger partial charge in [-0.25, -0.2) is 0 Å². The van der Waals surface area contributed by atoms with Gasteiger partial charge in [0.05, 0.1) is 10.4 Å². The van der Waals surface area contributed by atoms with Crippen LogP contribution in [0.4, 0.5) is 34.1 Å². The average Bonchev–Trinajstić information content (AvgIpc) is 1.67. The van der Waals surface area contributed by atoms with Crippen molar-refractivity contribution in [3.8, 4) is 89.0 Å². The molecule has 0 fully saturated rings. The van der Waals surface area contributed by atoms with E-state index in [1.165, 1.54) is 131 Å². The fraction of sp³-hybridized carbons (Fsp3) is 0. The van der Waals surface area contributed by atoms with E-state index in [0.717, 1.165) is 55.9 Å². The SMILES string of the molecule is c1ccc(-c2ccc(N(c3ccc(-c4ccc5ccc(-c6ccccc6)cc5c4)cc3)c3ccc4c(c3)oc3cc(-c5ccccc5)ccc34)cc2)cc1.c1ccc(-c2ccc(N(c3ccc(-c4ccc5ccc(-c6ccccc6)cc5c4)cc3)c3cccc4c3sc3c(-c5ccccc5)cccc34)cc2)cc1. The summed E-state index contributed by atoms with van der Waals surface area (Å²) in [6, 6.07) is 153. The van der Waals surface area contributed by atoms with Crippen LogP contribution in [0.25, 0.3) is 153 Å². The first kappa shape index (κ1) is 64.9. The zero-order valence-electron chi connectivity index (χ0n) is 59.1. The normalized spacial score (nSPS) is 11.3. The minimum Gasteiger partial charge on any atom is -0.456 e. The zero-order valence-corrected chi connectivity index (χ0v) is 59.9. The number of benzene rings is 18. The molecule has 2 heterocycles. The fourth-order valence-corrected chi connectivity index (χ4v) is 16.7. The summed E-state index contributed by atoms with van der Waals surface area (Å²) in [7, 11) is 0. The molecule has 0 unspecified atom stereocenters. The van der Waals surface area contributed by atoms with Crippen LogP contribution >= 0.6 is 11.3 Å². The molecule has 3 nitrogen and oxygen atoms in total. The Labute approximate surface area is 632 Å². The summed E-state index contributed by atoms with van der Waals surface area (Å²) in [6.07, 6.45) is 0. The zero-order chi connectivity index (χ0) is 71.7. The Balaban J connectivity index is 0.000000147. The maximum atomic E-state index is 6.58. The topological polar surface area (TPSA) is 19.6 Å². The van der Waals surface area contributed by atoms with E-state index in [0.29, 0.717) is 0 Å². The molecule has 0 saturated heterocycles. The van der Waals surface area contributed by atoms with Gasteiger partial charge in [-0.05, 0) is 214 Å². The second-order valence-electron chi connectivity index (χ2n) is 27.5. The molecule has 0 aliphatic rings. The number of fused-ring (bicyclic) bond motifs is 8. The molecule has 0 spiro atoms. The number of rotatable bonds is 14. The highest BCUT2D eigenvalue weighted by molar-refractivity contribution is 7.27. The summed E-state index contributed by atoms with van der Waals surface area (Å²) in [5, 5.41) is 9.74. The van der Waals surface area contributed by atoms with Gasteiger partial charge in [-0.2, -0.15) is 0 Å². The van der Waals surface area contributed by atoms with Crippen LogP contribution < -0.4 is 9.80 Å². The molecule has 20 aromatic rings. The van der Waals surface area contributed by atoms with Gasteiger partial charge in [0.2, 0.25) is 0 Å². The van der Waals surface area contributed by atoms with E-state index in [1.54, 1.807) is 0 Å². The molecule has 0 atom stereocenters. The lowest BCUT2D eigenvalue weighted by Gasteiger charge is -2.26. The largest absolute Gasteiger partial charge is 0.456 e. The van der Waals surface area contributed by atoms with Crippen LogP contribution in [-0.4, -0.2) is 0 Å². The first-order valence-electron chi connectivity index (χ1n) is 36.8. The number of hydrogen-bond acceptors (Lipinski definition) is 4. The highest BCUT2D eigenvalue weighted by Gasteiger charge is 2.22. The van der Waals surface area contributed by atoms with E-state index >= 15 is 0 Å². The molecule has 0 aliphatic carbocycles. The number of hydrogen-bond donors (Lipinski definition) is 0. The van der Waals surface area contributed by atoms with Crippen molar-refractivity contribution in [2.24, 2.45) is 0 Å². The molecule has 4 heteroatoms. The molecular weight excluding hydrogens is 1330 g/mol. The molecular formula is C104H70N2OS. The Morgan fingerprint density at radius 2 is 0.472 bits per heavy atom. The van der Waals surface area contributed by atoms with Crippen LogP contribution in [0, 0.1) is 0 Å². The molecule has 18 aromatic carbocycles. The quantitative estimate of drug-likeness (QED) is 0.108. The first-order valence-corrected chi connectivity index (χ1v) is 37.6. The molecule has 0 N–H and O–H groups in total. The van der Waals surface area contributed by atoms with Gasteiger partial charge in [0.1, 0.15) is 11.2 Å². The predicted molar refractivity (Wildman–Crippen MR) is 461 cm³/mol. The van der Waals surface area contributed by atoms with E-state index in [-0.39, 0.29) is 0 Å². The van der Waals surface area contributed by atoms with E-state index < -0.39 is 0 Å². The molecule has 20 rings (SSSR count). The molecule has 2 aromatic heterocycles. The Morgan fingerprint density at radius 3 is 0.889 bits per heavy atom. The van der Waals surface area contributed by atoms with Crippen LogP contribution in [0.3, 0.4) is 0 Å². The first-order chi connectivity index (χ1) is 53.5. The summed E-state index contributed by atoms with van der Waals surface area (Å²) in [5.41, 5.74) is 27.6. The summed E-state index contributed by atoms with van der Waals surface area (Å²) < 4.78 is 9.16. The fourth-order valence-electron chi connectivity index (χ4n) is 15.4. The van der Waals surface area contributed by atoms with Gasteiger partial charge >= 0.3 is 0 Å². The molecule has 0 bridgehead atoms. The lowest BCUT2D eigenvalue weighted by Crippen LogP contribution is -2.10. The van der Waals surface area contributed by atoms with E-state index in [4.69, 9.17) is 4.42 Å². The summed E-state index contributed by atoms with van der Waals surface area (Å²) in [4.78, 5) is 4.73. The van der Waals surface area contributed by atoms with Crippen molar-refractivity contribution in [3.05, 3.63) is 425 Å². The van der Waals surface area contributed by atoms with Crippen LogP contribution in [0.5, 0.6) is 0 Å². The Bertz CT molecular complexity index is 6600. The smallest absolute Gasteiger partial charge is 0.137 e. The molecule has 0 aliphatic heterocycles. The van der Waals surface area contributed by atoms with Gasteiger partial charge < -0.3 is 14.2 Å². The van der Waals surface area contributed by atoms with Crippen LogP contribution in [0.15, 0.2) is 429 Å². The van der Waals surface area contributed by atoms with Gasteiger partial charge in [0, 0.05) is 60.7 Å². The highest BCUT2D eigenvalue weighted by Crippen LogP contribution is 2.49. The summed E-state index contributed by atoms with van der Waals surface area (Å²) in [6.45, 7) is 0. The van der Waals surface area contributed by atoms with Crippen molar-refractivity contribution < 1.29 is 4.42 Å². The van der Waals surface area contributed by atoms with E-state index in [2.05, 4.69) is 428 Å². The van der Waals surface area contributed by atoms with Crippen LogP contribution in [-0.2, 0) is 0 Å². The Hall–Kier alpha value is -13.9. The number of furan rings is 1. The Morgan fingerprint density at radius 1 is 0.176 bits per heavy atom. The molecule has 108 heavy (non-hydrogen) atoms. The molecule has 0 saturated carbocycles. The lowest BCUT2D eigenvalue weighted by molar-refractivity contribution is 0.669. The van der Waals surface area contributed by atoms with Crippen molar-refractivity contribution in [2.75, 3.05) is 9.80 Å². The standard InChI is InChI=1S/C52H35NO.C52H35NS/c1-4-10-36(11-5-1)39-20-25-46(26-21-39)53(48-29-31-50-49-30-24-44(38-14-8-3-9-15-38)34-51(49)54-52(50)35-48)47-27-22-40(23-28-47)43-19-17-41-16-18-42(32-45(41)33-43)37-12-6-2-7-13-37;1-4-12-36(13-5-1)38-26-30-45(31-27-38)53(50-21-11-20-49-48-19-10-18-47(51(48)54-52(49)50)41-16-8-3-9-17-41)46-32-28-39(29-33-46)43-25-23-40-22-24-42(34-44(40)35-43)37-14-6-2-7-15-37/h2*1-35H. The molecule has 0 radical (unpaired) electrons. The third kappa shape index (κ3) is 12.8. The molecule has 0 amide bonds. The lowest BCUT2D eigenvalue weighted by atomic mass is 9.97. The predicted octanol–water partition coefficient (Wildman–Crippen LogP) is 30.2. The summed E-state index contributed by atoms with van der Waals surface area (Å²) >= 11 is 1.89. The van der Waals surface area contributed by atoms with Gasteiger partial charge in [-0.15, -0.1) is 11.3 Å². The minimum atomic E-state index is 0.862. The third-order valence-corrected chi connectivity index (χ3v) is 22.2. The number of anilines is 6. The second-order valence-corrected chi connectivity index (χ2v) is 28.6. The third-order valence-electron chi connectivity index (χ3n) is 20.9. The van der Waals surface area contributed by atoms with Crippen molar-refractivity contribution in [1.29, 1.82) is 0 Å². The van der Waals surface area contributed by atoms with Crippen molar-refractivity contribution in [2.45, 2.75) is 0 Å². The van der Waals surface area contributed by atoms with E-state index in [9.17, 15) is 0 Å². The van der Waals surface area contributed by atoms with Crippen LogP contribution in [0.2, 0.25) is 0 Å². The average molecular weight is 1400 g/mol. The minimum absolute atomic E-state index is 0.862. The summed E-state index contributed by atoms with van der Waals surface area (Å²) in [5.74, 6) is 0. The Kier molecular flexibility index (Phi) is 17.2. The van der Waals surface area contributed by atoms with Crippen molar-refractivity contribution >= 4 is 109 Å².